The van der Waals surface area contributed by atoms with Crippen LogP contribution in [0.5, 0.6) is 0 Å². The fraction of sp³-hybridized carbons (Fsp3) is 0.886. The Bertz CT molecular complexity index is 1230. The molecule has 0 rings (SSSR count). The van der Waals surface area contributed by atoms with E-state index in [0.29, 0.717) is 25.9 Å². The lowest BCUT2D eigenvalue weighted by Crippen LogP contribution is -2.45. The van der Waals surface area contributed by atoms with Gasteiger partial charge in [-0.15, -0.1) is 0 Å². The number of hydrogen-bond acceptors (Lipinski definition) is 5. The molecule has 0 aromatic heterocycles. The second kappa shape index (κ2) is 65.6. The van der Waals surface area contributed by atoms with Gasteiger partial charge < -0.3 is 20.3 Å². The van der Waals surface area contributed by atoms with Crippen LogP contribution in [0.4, 0.5) is 0 Å². The molecule has 0 aliphatic carbocycles. The lowest BCUT2D eigenvalue weighted by atomic mass is 10.0. The molecule has 6 heteroatoms. The van der Waals surface area contributed by atoms with E-state index in [9.17, 15) is 19.8 Å². The van der Waals surface area contributed by atoms with E-state index in [2.05, 4.69) is 55.6 Å². The van der Waals surface area contributed by atoms with Gasteiger partial charge in [-0.3, -0.25) is 9.59 Å². The molecule has 0 fully saturated rings. The number of nitrogens with one attached hydrogen (secondary N) is 1. The molecule has 0 aromatic rings. The van der Waals surface area contributed by atoms with Crippen LogP contribution in [0.2, 0.25) is 0 Å². The molecular formula is C70H133NO5. The van der Waals surface area contributed by atoms with Gasteiger partial charge in [-0.05, 0) is 83.5 Å². The fourth-order valence-corrected chi connectivity index (χ4v) is 10.7. The third-order valence-electron chi connectivity index (χ3n) is 15.9. The monoisotopic (exact) mass is 1070 g/mol. The van der Waals surface area contributed by atoms with Crippen LogP contribution in [0, 0.1) is 0 Å². The lowest BCUT2D eigenvalue weighted by molar-refractivity contribution is -0.143. The standard InChI is InChI=1S/C70H133NO5/c1-3-5-7-9-11-13-14-15-37-41-44-48-52-56-60-64-70(75)76-65-61-57-53-49-45-42-39-36-34-32-30-28-26-24-22-20-18-16-17-19-21-23-25-27-29-31-33-35-38-40-43-47-51-55-59-63-69(74)71-67(66-72)68(73)62-58-54-50-46-12-10-8-6-4-2/h15,18,20,24,26,37,67-68,72-73H,3-14,16-17,19,21-23,25,27-36,38-66H2,1-2H3,(H,71,74)/b20-18-,26-24-,37-15-. The fourth-order valence-electron chi connectivity index (χ4n) is 10.7. The van der Waals surface area contributed by atoms with E-state index in [1.807, 2.05) is 0 Å². The van der Waals surface area contributed by atoms with Gasteiger partial charge in [0.15, 0.2) is 0 Å². The average Bonchev–Trinajstić information content (AvgIpc) is 3.42. The van der Waals surface area contributed by atoms with Crippen LogP contribution in [0.25, 0.3) is 0 Å². The van der Waals surface area contributed by atoms with Gasteiger partial charge in [0.2, 0.25) is 5.91 Å². The Kier molecular flexibility index (Phi) is 63.9. The Hall–Kier alpha value is -1.92. The van der Waals surface area contributed by atoms with Crippen LogP contribution in [0.3, 0.4) is 0 Å². The van der Waals surface area contributed by atoms with Crippen molar-refractivity contribution in [2.45, 2.75) is 386 Å². The van der Waals surface area contributed by atoms with Gasteiger partial charge in [-0.2, -0.15) is 0 Å². The van der Waals surface area contributed by atoms with Crippen molar-refractivity contribution in [3.63, 3.8) is 0 Å². The number of unbranched alkanes of at least 4 members (excludes halogenated alkanes) is 47. The van der Waals surface area contributed by atoms with Gasteiger partial charge in [0.25, 0.3) is 0 Å². The summed E-state index contributed by atoms with van der Waals surface area (Å²) >= 11 is 0. The predicted molar refractivity (Wildman–Crippen MR) is 333 cm³/mol. The Morgan fingerprint density at radius 1 is 0.368 bits per heavy atom. The minimum Gasteiger partial charge on any atom is -0.466 e. The summed E-state index contributed by atoms with van der Waals surface area (Å²) in [6, 6.07) is -0.537. The number of carbonyl (C=O) groups excluding carboxylic acids is 2. The molecule has 0 heterocycles. The van der Waals surface area contributed by atoms with Crippen LogP contribution in [0.1, 0.15) is 373 Å². The molecule has 1 amide bonds. The molecule has 0 saturated carbocycles. The van der Waals surface area contributed by atoms with Gasteiger partial charge in [-0.1, -0.05) is 314 Å². The summed E-state index contributed by atoms with van der Waals surface area (Å²) in [7, 11) is 0. The number of carbonyl (C=O) groups is 2. The molecule has 3 N–H and O–H groups in total. The molecule has 6 nitrogen and oxygen atoms in total. The third kappa shape index (κ3) is 61.3. The summed E-state index contributed by atoms with van der Waals surface area (Å²) in [6.45, 7) is 4.94. The molecule has 76 heavy (non-hydrogen) atoms. The Morgan fingerprint density at radius 3 is 1.01 bits per heavy atom. The zero-order chi connectivity index (χ0) is 55.0. The van der Waals surface area contributed by atoms with E-state index in [1.54, 1.807) is 0 Å². The van der Waals surface area contributed by atoms with Crippen LogP contribution in [-0.2, 0) is 14.3 Å². The highest BCUT2D eigenvalue weighted by atomic mass is 16.5. The average molecular weight is 1070 g/mol. The number of ether oxygens (including phenoxy) is 1. The second-order valence-electron chi connectivity index (χ2n) is 23.5. The van der Waals surface area contributed by atoms with E-state index < -0.39 is 12.1 Å². The van der Waals surface area contributed by atoms with Crippen molar-refractivity contribution in [3.8, 4) is 0 Å². The summed E-state index contributed by atoms with van der Waals surface area (Å²) in [5, 5.41) is 23.1. The first-order valence-electron chi connectivity index (χ1n) is 34.2. The Morgan fingerprint density at radius 2 is 0.658 bits per heavy atom. The number of aliphatic hydroxyl groups excluding tert-OH is 2. The van der Waals surface area contributed by atoms with Crippen molar-refractivity contribution in [3.05, 3.63) is 36.5 Å². The second-order valence-corrected chi connectivity index (χ2v) is 23.5. The maximum absolute atomic E-state index is 12.4. The number of amides is 1. The number of allylic oxidation sites excluding steroid dienone is 6. The van der Waals surface area contributed by atoms with Gasteiger partial charge in [0, 0.05) is 12.8 Å². The zero-order valence-corrected chi connectivity index (χ0v) is 51.3. The molecule has 0 radical (unpaired) electrons. The van der Waals surface area contributed by atoms with Gasteiger partial charge in [0.1, 0.15) is 0 Å². The van der Waals surface area contributed by atoms with Gasteiger partial charge >= 0.3 is 5.97 Å². The van der Waals surface area contributed by atoms with Crippen LogP contribution in [0.15, 0.2) is 36.5 Å². The minimum absolute atomic E-state index is 0.00897. The van der Waals surface area contributed by atoms with Crippen molar-refractivity contribution in [1.82, 2.24) is 5.32 Å². The SMILES string of the molecule is CCCCCCCC/C=C\CCCCCCCC(=O)OCCCCCCCCCCCCC/C=C\C/C=C\CCCCCCCCCCCCCCCCCCCC(=O)NC(CO)C(O)CCCCCCCCCCC. The van der Waals surface area contributed by atoms with E-state index in [-0.39, 0.29) is 18.5 Å². The number of rotatable bonds is 64. The van der Waals surface area contributed by atoms with Crippen LogP contribution in [-0.4, -0.2) is 47.4 Å². The normalized spacial score (nSPS) is 12.7. The summed E-state index contributed by atoms with van der Waals surface area (Å²) in [6.07, 6.45) is 83.5. The molecule has 0 bridgehead atoms. The summed E-state index contributed by atoms with van der Waals surface area (Å²) in [5.74, 6) is -0.0249. The maximum Gasteiger partial charge on any atom is 0.305 e. The van der Waals surface area contributed by atoms with Gasteiger partial charge in [-0.25, -0.2) is 0 Å². The first kappa shape index (κ1) is 74.1. The molecular weight excluding hydrogens is 935 g/mol. The highest BCUT2D eigenvalue weighted by Crippen LogP contribution is 2.18. The molecule has 2 atom stereocenters. The van der Waals surface area contributed by atoms with E-state index in [1.165, 1.54) is 289 Å². The van der Waals surface area contributed by atoms with Gasteiger partial charge in [0.05, 0.1) is 25.4 Å². The van der Waals surface area contributed by atoms with Crippen molar-refractivity contribution in [2.24, 2.45) is 0 Å². The van der Waals surface area contributed by atoms with E-state index in [0.717, 1.165) is 51.4 Å². The summed E-state index contributed by atoms with van der Waals surface area (Å²) in [4.78, 5) is 24.5. The minimum atomic E-state index is -0.660. The van der Waals surface area contributed by atoms with E-state index in [4.69, 9.17) is 4.74 Å². The molecule has 0 aliphatic heterocycles. The molecule has 448 valence electrons. The lowest BCUT2D eigenvalue weighted by Gasteiger charge is -2.22. The number of hydrogen-bond donors (Lipinski definition) is 3. The van der Waals surface area contributed by atoms with Crippen molar-refractivity contribution in [1.29, 1.82) is 0 Å². The number of esters is 1. The topological polar surface area (TPSA) is 95.9 Å². The molecule has 0 spiro atoms. The molecule has 0 saturated heterocycles. The van der Waals surface area contributed by atoms with Crippen molar-refractivity contribution >= 4 is 11.9 Å². The third-order valence-corrected chi connectivity index (χ3v) is 15.9. The maximum atomic E-state index is 12.4. The predicted octanol–water partition coefficient (Wildman–Crippen LogP) is 21.9. The van der Waals surface area contributed by atoms with Crippen LogP contribution < -0.4 is 5.32 Å². The van der Waals surface area contributed by atoms with Crippen molar-refractivity contribution < 1.29 is 24.5 Å². The summed E-state index contributed by atoms with van der Waals surface area (Å²) in [5.41, 5.74) is 0. The van der Waals surface area contributed by atoms with Crippen molar-refractivity contribution in [2.75, 3.05) is 13.2 Å². The number of aliphatic hydroxyl groups is 2. The first-order valence-corrected chi connectivity index (χ1v) is 34.2. The zero-order valence-electron chi connectivity index (χ0n) is 51.3. The van der Waals surface area contributed by atoms with Crippen LogP contribution >= 0.6 is 0 Å². The summed E-state index contributed by atoms with van der Waals surface area (Å²) < 4.78 is 5.49. The largest absolute Gasteiger partial charge is 0.466 e. The Labute approximate surface area is 474 Å². The highest BCUT2D eigenvalue weighted by molar-refractivity contribution is 5.76. The first-order chi connectivity index (χ1) is 37.5. The Balaban J connectivity index is 3.34. The highest BCUT2D eigenvalue weighted by Gasteiger charge is 2.20. The molecule has 0 aromatic carbocycles. The molecule has 0 aliphatic rings. The molecule has 2 unspecified atom stereocenters. The smallest absolute Gasteiger partial charge is 0.305 e. The quantitative estimate of drug-likeness (QED) is 0.0320. The van der Waals surface area contributed by atoms with E-state index >= 15 is 0 Å².